The van der Waals surface area contributed by atoms with Crippen molar-refractivity contribution in [2.75, 3.05) is 67.6 Å². The Hall–Kier alpha value is -3.22. The van der Waals surface area contributed by atoms with Crippen LogP contribution in [0.2, 0.25) is 0 Å². The summed E-state index contributed by atoms with van der Waals surface area (Å²) in [5.74, 6) is -0.254. The van der Waals surface area contributed by atoms with Gasteiger partial charge in [-0.25, -0.2) is 8.42 Å². The van der Waals surface area contributed by atoms with Crippen LogP contribution in [0.4, 0.5) is 22.7 Å². The number of hydrogen-bond donors (Lipinski definition) is 1. The average molecular weight is 544 g/mol. The number of anilines is 3. The van der Waals surface area contributed by atoms with Crippen LogP contribution in [0.1, 0.15) is 25.7 Å². The van der Waals surface area contributed by atoms with Gasteiger partial charge in [0.25, 0.3) is 5.69 Å². The molecule has 0 spiro atoms. The fourth-order valence-corrected chi connectivity index (χ4v) is 6.87. The third kappa shape index (κ3) is 5.47. The molecule has 0 aromatic heterocycles. The molecule has 38 heavy (non-hydrogen) atoms. The summed E-state index contributed by atoms with van der Waals surface area (Å²) in [5.41, 5.74) is 1.98. The van der Waals surface area contributed by atoms with Gasteiger partial charge < -0.3 is 19.9 Å². The number of piperidine rings is 1. The van der Waals surface area contributed by atoms with Crippen LogP contribution in [-0.4, -0.2) is 76.0 Å². The first-order valence-electron chi connectivity index (χ1n) is 13.1. The van der Waals surface area contributed by atoms with Gasteiger partial charge in [0, 0.05) is 51.3 Å². The van der Waals surface area contributed by atoms with Crippen LogP contribution in [0, 0.1) is 16.0 Å². The molecule has 0 unspecified atom stereocenters. The number of nitrogens with one attached hydrogen (secondary N) is 1. The second-order valence-electron chi connectivity index (χ2n) is 9.89. The summed E-state index contributed by atoms with van der Waals surface area (Å²) in [7, 11) is -3.85. The van der Waals surface area contributed by atoms with E-state index < -0.39 is 14.9 Å². The molecule has 3 fully saturated rings. The topological polar surface area (TPSA) is 125 Å². The van der Waals surface area contributed by atoms with E-state index in [0.717, 1.165) is 43.4 Å². The molecular weight excluding hydrogens is 510 g/mol. The highest BCUT2D eigenvalue weighted by Gasteiger charge is 2.32. The molecule has 0 aliphatic carbocycles. The van der Waals surface area contributed by atoms with Gasteiger partial charge in [-0.05, 0) is 49.9 Å². The van der Waals surface area contributed by atoms with E-state index in [1.807, 2.05) is 29.2 Å². The zero-order valence-corrected chi connectivity index (χ0v) is 22.1. The number of sulfonamides is 1. The number of amides is 1. The van der Waals surface area contributed by atoms with Crippen LogP contribution in [0.15, 0.2) is 47.4 Å². The van der Waals surface area contributed by atoms with Crippen LogP contribution < -0.4 is 15.1 Å². The molecule has 1 amide bonds. The summed E-state index contributed by atoms with van der Waals surface area (Å²) in [6.07, 6.45) is 3.38. The van der Waals surface area contributed by atoms with Crippen LogP contribution in [0.25, 0.3) is 0 Å². The van der Waals surface area contributed by atoms with Gasteiger partial charge in [0.2, 0.25) is 15.9 Å². The van der Waals surface area contributed by atoms with E-state index in [4.69, 9.17) is 4.74 Å². The minimum atomic E-state index is -3.85. The van der Waals surface area contributed by atoms with Crippen LogP contribution >= 0.6 is 0 Å². The number of morpholine rings is 1. The Balaban J connectivity index is 1.26. The van der Waals surface area contributed by atoms with Crippen LogP contribution in [-0.2, 0) is 19.6 Å². The fraction of sp³-hybridized carbons (Fsp3) is 0.500. The van der Waals surface area contributed by atoms with Gasteiger partial charge >= 0.3 is 0 Å². The normalized spacial score (nSPS) is 19.5. The lowest BCUT2D eigenvalue weighted by molar-refractivity contribution is -0.384. The highest BCUT2D eigenvalue weighted by Crippen LogP contribution is 2.35. The third-order valence-electron chi connectivity index (χ3n) is 7.57. The van der Waals surface area contributed by atoms with Gasteiger partial charge in [-0.2, -0.15) is 4.31 Å². The smallest absolute Gasteiger partial charge is 0.293 e. The minimum Gasteiger partial charge on any atom is -0.379 e. The van der Waals surface area contributed by atoms with Crippen molar-refractivity contribution >= 4 is 38.7 Å². The SMILES string of the molecule is O=C(Nc1ccccc1N1CCCC1)C1CCN(c2ccc(S(=O)(=O)N3CCOCC3)cc2[N+](=O)[O-])CC1. The molecule has 1 N–H and O–H groups in total. The Kier molecular flexibility index (Phi) is 7.82. The van der Waals surface area contributed by atoms with Crippen molar-refractivity contribution in [3.63, 3.8) is 0 Å². The van der Waals surface area contributed by atoms with E-state index in [9.17, 15) is 23.3 Å². The number of nitro benzene ring substituents is 1. The monoisotopic (exact) mass is 543 g/mol. The quantitative estimate of drug-likeness (QED) is 0.417. The number of hydrogen-bond acceptors (Lipinski definition) is 8. The number of nitro groups is 1. The Morgan fingerprint density at radius 1 is 0.921 bits per heavy atom. The summed E-state index contributed by atoms with van der Waals surface area (Å²) in [4.78, 5) is 28.6. The first-order chi connectivity index (χ1) is 18.3. The highest BCUT2D eigenvalue weighted by molar-refractivity contribution is 7.89. The van der Waals surface area contributed by atoms with Gasteiger partial charge in [0.15, 0.2) is 0 Å². The Morgan fingerprint density at radius 3 is 2.26 bits per heavy atom. The lowest BCUT2D eigenvalue weighted by Crippen LogP contribution is -2.40. The van der Waals surface area contributed by atoms with Crippen molar-refractivity contribution in [2.24, 2.45) is 5.92 Å². The molecule has 0 radical (unpaired) electrons. The van der Waals surface area contributed by atoms with E-state index >= 15 is 0 Å². The summed E-state index contributed by atoms with van der Waals surface area (Å²) in [6, 6.07) is 11.9. The Labute approximate surface area is 222 Å². The number of carbonyl (C=O) groups excluding carboxylic acids is 1. The molecule has 204 valence electrons. The lowest BCUT2D eigenvalue weighted by atomic mass is 9.95. The molecule has 0 atom stereocenters. The summed E-state index contributed by atoms with van der Waals surface area (Å²) in [6.45, 7) is 3.92. The zero-order chi connectivity index (χ0) is 26.7. The predicted molar refractivity (Wildman–Crippen MR) is 144 cm³/mol. The van der Waals surface area contributed by atoms with E-state index in [2.05, 4.69) is 10.2 Å². The van der Waals surface area contributed by atoms with E-state index in [1.54, 1.807) is 0 Å². The van der Waals surface area contributed by atoms with Crippen molar-refractivity contribution in [2.45, 2.75) is 30.6 Å². The molecule has 11 nitrogen and oxygen atoms in total. The first kappa shape index (κ1) is 26.4. The Morgan fingerprint density at radius 2 is 1.58 bits per heavy atom. The third-order valence-corrected chi connectivity index (χ3v) is 9.46. The Bertz CT molecular complexity index is 1280. The average Bonchev–Trinajstić information content (AvgIpc) is 3.48. The number of carbonyl (C=O) groups is 1. The molecule has 5 rings (SSSR count). The highest BCUT2D eigenvalue weighted by atomic mass is 32.2. The second kappa shape index (κ2) is 11.3. The summed E-state index contributed by atoms with van der Waals surface area (Å²) < 4.78 is 32.5. The van der Waals surface area contributed by atoms with Crippen molar-refractivity contribution in [3.8, 4) is 0 Å². The molecule has 3 aliphatic rings. The van der Waals surface area contributed by atoms with Crippen molar-refractivity contribution in [1.82, 2.24) is 4.31 Å². The maximum absolute atomic E-state index is 13.1. The molecule has 3 aliphatic heterocycles. The summed E-state index contributed by atoms with van der Waals surface area (Å²) in [5, 5.41) is 15.0. The van der Waals surface area contributed by atoms with Gasteiger partial charge in [-0.1, -0.05) is 12.1 Å². The maximum Gasteiger partial charge on any atom is 0.293 e. The lowest BCUT2D eigenvalue weighted by Gasteiger charge is -2.33. The standard InChI is InChI=1S/C26H33N5O6S/c32-26(27-22-5-1-2-6-23(22)28-11-3-4-12-28)20-9-13-29(14-10-20)24-8-7-21(19-25(24)31(33)34)38(35,36)30-15-17-37-18-16-30/h1-2,5-8,19-20H,3-4,9-18H2,(H,27,32). The largest absolute Gasteiger partial charge is 0.379 e. The number of nitrogens with zero attached hydrogens (tertiary/aromatic N) is 4. The van der Waals surface area contributed by atoms with Gasteiger partial charge in [-0.15, -0.1) is 0 Å². The van der Waals surface area contributed by atoms with Crippen LogP contribution in [0.5, 0.6) is 0 Å². The van der Waals surface area contributed by atoms with Gasteiger partial charge in [0.1, 0.15) is 5.69 Å². The van der Waals surface area contributed by atoms with Gasteiger partial charge in [-0.3, -0.25) is 14.9 Å². The minimum absolute atomic E-state index is 0.0438. The van der Waals surface area contributed by atoms with E-state index in [1.165, 1.54) is 16.4 Å². The van der Waals surface area contributed by atoms with Crippen molar-refractivity contribution in [1.29, 1.82) is 0 Å². The van der Waals surface area contributed by atoms with Crippen molar-refractivity contribution in [3.05, 3.63) is 52.6 Å². The van der Waals surface area contributed by atoms with E-state index in [-0.39, 0.29) is 35.5 Å². The molecule has 3 heterocycles. The molecule has 2 aromatic carbocycles. The number of ether oxygens (including phenoxy) is 1. The molecule has 0 bridgehead atoms. The van der Waals surface area contributed by atoms with Gasteiger partial charge in [0.05, 0.1) is 34.4 Å². The van der Waals surface area contributed by atoms with Crippen molar-refractivity contribution < 1.29 is 22.9 Å². The maximum atomic E-state index is 13.1. The molecule has 12 heteroatoms. The number of benzene rings is 2. The molecular formula is C26H33N5O6S. The number of para-hydroxylation sites is 2. The first-order valence-corrected chi connectivity index (χ1v) is 14.5. The van der Waals surface area contributed by atoms with E-state index in [0.29, 0.717) is 44.8 Å². The molecule has 2 aromatic rings. The molecule has 3 saturated heterocycles. The second-order valence-corrected chi connectivity index (χ2v) is 11.8. The molecule has 0 saturated carbocycles. The summed E-state index contributed by atoms with van der Waals surface area (Å²) >= 11 is 0. The zero-order valence-electron chi connectivity index (χ0n) is 21.3. The number of rotatable bonds is 7. The van der Waals surface area contributed by atoms with Crippen LogP contribution in [0.3, 0.4) is 0 Å². The fourth-order valence-electron chi connectivity index (χ4n) is 5.44. The predicted octanol–water partition coefficient (Wildman–Crippen LogP) is 3.07.